The van der Waals surface area contributed by atoms with Crippen LogP contribution in [-0.4, -0.2) is 75.3 Å². The molecule has 196 valence electrons. The van der Waals surface area contributed by atoms with Gasteiger partial charge in [-0.2, -0.15) is 0 Å². The maximum atomic E-state index is 12.2. The summed E-state index contributed by atoms with van der Waals surface area (Å²) in [6.07, 6.45) is 2.92. The fourth-order valence-electron chi connectivity index (χ4n) is 4.25. The quantitative estimate of drug-likeness (QED) is 0.241. The van der Waals surface area contributed by atoms with E-state index in [1.807, 2.05) is 6.92 Å². The van der Waals surface area contributed by atoms with E-state index < -0.39 is 29.4 Å². The second kappa shape index (κ2) is 12.8. The molecule has 0 radical (unpaired) electrons. The van der Waals surface area contributed by atoms with Gasteiger partial charge in [0.2, 0.25) is 0 Å². The van der Waals surface area contributed by atoms with Crippen LogP contribution in [0.4, 0.5) is 0 Å². The third-order valence-electron chi connectivity index (χ3n) is 6.25. The fourth-order valence-corrected chi connectivity index (χ4v) is 4.25. The van der Waals surface area contributed by atoms with Gasteiger partial charge in [0.25, 0.3) is 0 Å². The highest BCUT2D eigenvalue weighted by atomic mass is 16.5. The smallest absolute Gasteiger partial charge is 0.310 e. The summed E-state index contributed by atoms with van der Waals surface area (Å²) in [6, 6.07) is 0. The van der Waals surface area contributed by atoms with E-state index in [0.29, 0.717) is 35.1 Å². The molecule has 1 aliphatic heterocycles. The maximum absolute atomic E-state index is 12.2. The number of hydrogen-bond donors (Lipinski definition) is 1. The Bertz CT molecular complexity index is 1080. The summed E-state index contributed by atoms with van der Waals surface area (Å²) in [4.78, 5) is 67.4. The Morgan fingerprint density at radius 1 is 0.861 bits per heavy atom. The number of carbonyl (C=O) groups excluding carboxylic acids is 5. The van der Waals surface area contributed by atoms with Crippen LogP contribution in [0.5, 0.6) is 0 Å². The minimum atomic E-state index is -0.921. The van der Waals surface area contributed by atoms with Crippen molar-refractivity contribution >= 4 is 36.4 Å². The van der Waals surface area contributed by atoms with Crippen molar-refractivity contribution in [1.29, 1.82) is 0 Å². The van der Waals surface area contributed by atoms with E-state index in [0.717, 1.165) is 5.57 Å². The highest BCUT2D eigenvalue weighted by molar-refractivity contribution is 5.88. The number of esters is 4. The van der Waals surface area contributed by atoms with E-state index in [2.05, 4.69) is 9.98 Å². The number of rotatable bonds is 13. The Balaban J connectivity index is 2.51. The van der Waals surface area contributed by atoms with Gasteiger partial charge in [0, 0.05) is 31.2 Å². The van der Waals surface area contributed by atoms with Crippen LogP contribution < -0.4 is 0 Å². The molecule has 11 heteroatoms. The largest absolute Gasteiger partial charge is 0.469 e. The van der Waals surface area contributed by atoms with E-state index in [4.69, 9.17) is 18.9 Å². The molecular weight excluding hydrogens is 472 g/mol. The van der Waals surface area contributed by atoms with Crippen LogP contribution in [0.1, 0.15) is 59.9 Å². The molecule has 1 aliphatic rings. The highest BCUT2D eigenvalue weighted by Gasteiger charge is 2.37. The number of nitrogens with one attached hydrogen (secondary N) is 1. The first-order chi connectivity index (χ1) is 17.1. The van der Waals surface area contributed by atoms with Crippen molar-refractivity contribution in [3.63, 3.8) is 0 Å². The second-order valence-electron chi connectivity index (χ2n) is 8.46. The number of methoxy groups -OCH3 is 4. The lowest BCUT2D eigenvalue weighted by molar-refractivity contribution is -0.141. The average molecular weight is 505 g/mol. The number of aromatic amines is 1. The summed E-state index contributed by atoms with van der Waals surface area (Å²) in [5.74, 6) is -1.83. The van der Waals surface area contributed by atoms with Crippen LogP contribution in [0.25, 0.3) is 0 Å². The number of H-pyrrole nitrogens is 1. The molecule has 2 heterocycles. The Morgan fingerprint density at radius 2 is 1.42 bits per heavy atom. The van der Waals surface area contributed by atoms with Gasteiger partial charge in [0.15, 0.2) is 6.29 Å². The van der Waals surface area contributed by atoms with Gasteiger partial charge in [0.1, 0.15) is 0 Å². The molecule has 0 aliphatic carbocycles. The average Bonchev–Trinajstić information content (AvgIpc) is 3.36. The van der Waals surface area contributed by atoms with Gasteiger partial charge in [-0.3, -0.25) is 29.0 Å². The van der Waals surface area contributed by atoms with Crippen LogP contribution in [0.15, 0.2) is 16.1 Å². The van der Waals surface area contributed by atoms with E-state index in [1.165, 1.54) is 28.4 Å². The number of nitrogens with zero attached hydrogens (tertiary/aromatic N) is 1. The molecule has 0 saturated carbocycles. The third kappa shape index (κ3) is 6.89. The number of aldehydes is 1. The summed E-state index contributed by atoms with van der Waals surface area (Å²) in [7, 11) is 5.12. The lowest BCUT2D eigenvalue weighted by atomic mass is 9.83. The molecule has 1 N–H and O–H groups in total. The first kappa shape index (κ1) is 28.5. The molecule has 11 nitrogen and oxygen atoms in total. The molecule has 0 saturated heterocycles. The van der Waals surface area contributed by atoms with Gasteiger partial charge in [-0.05, 0) is 42.0 Å². The fraction of sp³-hybridized carbons (Fsp3) is 0.520. The minimum Gasteiger partial charge on any atom is -0.469 e. The van der Waals surface area contributed by atoms with Gasteiger partial charge in [-0.15, -0.1) is 0 Å². The van der Waals surface area contributed by atoms with E-state index >= 15 is 0 Å². The lowest BCUT2D eigenvalue weighted by Gasteiger charge is -2.26. The number of ether oxygens (including phenoxy) is 4. The van der Waals surface area contributed by atoms with Crippen molar-refractivity contribution in [1.82, 2.24) is 4.98 Å². The first-order valence-corrected chi connectivity index (χ1v) is 11.3. The van der Waals surface area contributed by atoms with E-state index in [-0.39, 0.29) is 44.2 Å². The second-order valence-corrected chi connectivity index (χ2v) is 8.46. The number of aliphatic imine (C=N–C) groups is 1. The predicted molar refractivity (Wildman–Crippen MR) is 128 cm³/mol. The summed E-state index contributed by atoms with van der Waals surface area (Å²) in [6.45, 7) is 1.82. The molecule has 0 bridgehead atoms. The van der Waals surface area contributed by atoms with Crippen molar-refractivity contribution < 1.29 is 42.9 Å². The zero-order valence-corrected chi connectivity index (χ0v) is 21.2. The summed E-state index contributed by atoms with van der Waals surface area (Å²) in [5.41, 5.74) is 2.31. The van der Waals surface area contributed by atoms with Crippen LogP contribution in [-0.2, 0) is 57.4 Å². The van der Waals surface area contributed by atoms with Gasteiger partial charge in [0.05, 0.1) is 52.5 Å². The van der Waals surface area contributed by atoms with E-state index in [1.54, 1.807) is 6.21 Å². The predicted octanol–water partition coefficient (Wildman–Crippen LogP) is 1.85. The van der Waals surface area contributed by atoms with Crippen molar-refractivity contribution in [2.45, 2.75) is 57.4 Å². The molecule has 0 fully saturated rings. The molecule has 1 aromatic heterocycles. The monoisotopic (exact) mass is 504 g/mol. The van der Waals surface area contributed by atoms with Crippen LogP contribution in [0.3, 0.4) is 0 Å². The summed E-state index contributed by atoms with van der Waals surface area (Å²) < 4.78 is 19.1. The minimum absolute atomic E-state index is 0.0173. The Hall–Kier alpha value is -3.76. The lowest BCUT2D eigenvalue weighted by Crippen LogP contribution is -2.29. The maximum Gasteiger partial charge on any atom is 0.310 e. The Labute approximate surface area is 209 Å². The molecule has 1 aromatic rings. The summed E-state index contributed by atoms with van der Waals surface area (Å²) >= 11 is 0. The molecule has 36 heavy (non-hydrogen) atoms. The van der Waals surface area contributed by atoms with Gasteiger partial charge >= 0.3 is 23.9 Å². The van der Waals surface area contributed by atoms with Gasteiger partial charge in [-0.25, -0.2) is 0 Å². The first-order valence-electron chi connectivity index (χ1n) is 11.3. The van der Waals surface area contributed by atoms with Crippen LogP contribution in [0.2, 0.25) is 0 Å². The standard InChI is InChI=1S/C25H32N2O9/c1-25(18(11-24(32)36-5)15(13-26-25)6-8-21(29)33-2)12-19-17(10-23(31)35-4)16(20(14-28)27-19)7-9-22(30)34-3/h13-14,27H,6-12H2,1-5H3. The van der Waals surface area contributed by atoms with Gasteiger partial charge in [-0.1, -0.05) is 0 Å². The zero-order chi connectivity index (χ0) is 26.9. The Kier molecular flexibility index (Phi) is 10.1. The molecule has 0 spiro atoms. The SMILES string of the molecule is COC(=O)CCC1=C(CC(=O)OC)C(C)(Cc2[nH]c(C=O)c(CCC(=O)OC)c2CC(=O)OC)N=C1. The number of carbonyl (C=O) groups is 5. The normalized spacial score (nSPS) is 16.6. The number of allylic oxidation sites excluding steroid dienone is 1. The molecule has 0 aromatic carbocycles. The number of aromatic nitrogens is 1. The van der Waals surface area contributed by atoms with Gasteiger partial charge < -0.3 is 23.9 Å². The van der Waals surface area contributed by atoms with Crippen molar-refractivity contribution in [3.05, 3.63) is 33.7 Å². The van der Waals surface area contributed by atoms with Crippen molar-refractivity contribution in [2.75, 3.05) is 28.4 Å². The van der Waals surface area contributed by atoms with E-state index in [9.17, 15) is 24.0 Å². The van der Waals surface area contributed by atoms with Crippen molar-refractivity contribution in [3.8, 4) is 0 Å². The van der Waals surface area contributed by atoms with Crippen LogP contribution in [0, 0.1) is 0 Å². The van der Waals surface area contributed by atoms with Crippen LogP contribution >= 0.6 is 0 Å². The molecule has 1 atom stereocenters. The number of hydrogen-bond acceptors (Lipinski definition) is 10. The summed E-state index contributed by atoms with van der Waals surface area (Å²) in [5, 5.41) is 0. The topological polar surface area (TPSA) is 150 Å². The Morgan fingerprint density at radius 3 is 1.97 bits per heavy atom. The molecular formula is C25H32N2O9. The molecule has 0 amide bonds. The van der Waals surface area contributed by atoms with Crippen molar-refractivity contribution in [2.24, 2.45) is 4.99 Å². The highest BCUT2D eigenvalue weighted by Crippen LogP contribution is 2.38. The zero-order valence-electron chi connectivity index (χ0n) is 21.2. The third-order valence-corrected chi connectivity index (χ3v) is 6.25. The molecule has 1 unspecified atom stereocenters. The molecule has 2 rings (SSSR count).